The van der Waals surface area contributed by atoms with Gasteiger partial charge < -0.3 is 15.2 Å². The summed E-state index contributed by atoms with van der Waals surface area (Å²) in [6.07, 6.45) is 2.54. The normalized spacial score (nSPS) is 16.9. The minimum atomic E-state index is 0.0916. The van der Waals surface area contributed by atoms with Crippen LogP contribution in [0.3, 0.4) is 0 Å². The number of rotatable bonds is 6. The van der Waals surface area contributed by atoms with Crippen molar-refractivity contribution in [3.8, 4) is 5.75 Å². The number of piperidine rings is 1. The van der Waals surface area contributed by atoms with Gasteiger partial charge in [0, 0.05) is 37.4 Å². The molecule has 1 heterocycles. The second kappa shape index (κ2) is 7.43. The van der Waals surface area contributed by atoms with Crippen molar-refractivity contribution in [2.45, 2.75) is 32.4 Å². The first-order valence-corrected chi connectivity index (χ1v) is 7.49. The van der Waals surface area contributed by atoms with Gasteiger partial charge in [-0.2, -0.15) is 0 Å². The lowest BCUT2D eigenvalue weighted by molar-refractivity contribution is 0.0124. The molecule has 5 heteroatoms. The largest absolute Gasteiger partial charge is 0.496 e. The number of hydrogen-bond acceptors (Lipinski definition) is 4. The maximum atomic E-state index is 7.56. The molecule has 0 unspecified atom stereocenters. The molecule has 5 nitrogen and oxygen atoms in total. The second-order valence-electron chi connectivity index (χ2n) is 5.37. The number of benzene rings is 1. The summed E-state index contributed by atoms with van der Waals surface area (Å²) < 4.78 is 11.1. The number of nitrogens with zero attached hydrogens (tertiary/aromatic N) is 1. The number of nitrogen functional groups attached to an aromatic ring is 1. The molecule has 0 radical (unpaired) electrons. The zero-order valence-electron chi connectivity index (χ0n) is 12.9. The average Bonchev–Trinajstić information content (AvgIpc) is 2.49. The number of amidine groups is 1. The monoisotopic (exact) mass is 291 g/mol. The zero-order chi connectivity index (χ0) is 15.2. The second-order valence-corrected chi connectivity index (χ2v) is 5.37. The van der Waals surface area contributed by atoms with Gasteiger partial charge in [0.2, 0.25) is 0 Å². The highest BCUT2D eigenvalue weighted by Crippen LogP contribution is 2.23. The van der Waals surface area contributed by atoms with Crippen LogP contribution in [-0.4, -0.2) is 43.6 Å². The summed E-state index contributed by atoms with van der Waals surface area (Å²) in [6.45, 7) is 5.71. The Balaban J connectivity index is 2.02. The molecule has 21 heavy (non-hydrogen) atoms. The first-order chi connectivity index (χ1) is 10.1. The van der Waals surface area contributed by atoms with Crippen LogP contribution in [0, 0.1) is 5.41 Å². The number of hydrogen-bond donors (Lipinski definition) is 2. The van der Waals surface area contributed by atoms with Crippen LogP contribution in [0.4, 0.5) is 0 Å². The Kier molecular flexibility index (Phi) is 5.59. The predicted octanol–water partition coefficient (Wildman–Crippen LogP) is 1.98. The number of nitrogens with one attached hydrogen (secondary N) is 1. The van der Waals surface area contributed by atoms with Crippen molar-refractivity contribution in [3.05, 3.63) is 29.3 Å². The molecular weight excluding hydrogens is 266 g/mol. The van der Waals surface area contributed by atoms with Gasteiger partial charge in [-0.25, -0.2) is 0 Å². The number of likely N-dealkylation sites (tertiary alicyclic amines) is 1. The SMILES string of the molecule is CCOC1CCN(Cc2cc(C(=N)N)ccc2OC)CC1. The molecule has 3 N–H and O–H groups in total. The van der Waals surface area contributed by atoms with Crippen molar-refractivity contribution >= 4 is 5.84 Å². The molecule has 0 spiro atoms. The van der Waals surface area contributed by atoms with Crippen molar-refractivity contribution in [3.63, 3.8) is 0 Å². The van der Waals surface area contributed by atoms with Crippen LogP contribution in [0.15, 0.2) is 18.2 Å². The standard InChI is InChI=1S/C16H25N3O2/c1-3-21-14-6-8-19(9-7-14)11-13-10-12(16(17)18)4-5-15(13)20-2/h4-5,10,14H,3,6-9,11H2,1-2H3,(H3,17,18). The van der Waals surface area contributed by atoms with E-state index < -0.39 is 0 Å². The van der Waals surface area contributed by atoms with Crippen LogP contribution in [-0.2, 0) is 11.3 Å². The van der Waals surface area contributed by atoms with Crippen molar-refractivity contribution in [2.24, 2.45) is 5.73 Å². The van der Waals surface area contributed by atoms with Gasteiger partial charge in [-0.1, -0.05) is 0 Å². The van der Waals surface area contributed by atoms with Crippen molar-refractivity contribution in [1.82, 2.24) is 4.90 Å². The van der Waals surface area contributed by atoms with Gasteiger partial charge in [-0.3, -0.25) is 10.3 Å². The lowest BCUT2D eigenvalue weighted by Crippen LogP contribution is -2.36. The van der Waals surface area contributed by atoms with Crippen molar-refractivity contribution in [1.29, 1.82) is 5.41 Å². The van der Waals surface area contributed by atoms with E-state index in [9.17, 15) is 0 Å². The molecule has 0 amide bonds. The summed E-state index contributed by atoms with van der Waals surface area (Å²) in [5.74, 6) is 0.945. The van der Waals surface area contributed by atoms with Gasteiger partial charge in [0.1, 0.15) is 11.6 Å². The van der Waals surface area contributed by atoms with Crippen molar-refractivity contribution in [2.75, 3.05) is 26.8 Å². The van der Waals surface area contributed by atoms with E-state index in [4.69, 9.17) is 20.6 Å². The Morgan fingerprint density at radius 2 is 2.10 bits per heavy atom. The summed E-state index contributed by atoms with van der Waals surface area (Å²) in [5, 5.41) is 7.56. The number of nitrogens with two attached hydrogens (primary N) is 1. The van der Waals surface area contributed by atoms with Crippen molar-refractivity contribution < 1.29 is 9.47 Å². The van der Waals surface area contributed by atoms with Crippen LogP contribution in [0.2, 0.25) is 0 Å². The summed E-state index contributed by atoms with van der Waals surface area (Å²) in [7, 11) is 1.67. The summed E-state index contributed by atoms with van der Waals surface area (Å²) in [6, 6.07) is 5.67. The minimum absolute atomic E-state index is 0.0916. The van der Waals surface area contributed by atoms with Gasteiger partial charge in [0.05, 0.1) is 13.2 Å². The van der Waals surface area contributed by atoms with E-state index in [0.717, 1.165) is 56.0 Å². The molecule has 116 valence electrons. The Bertz CT molecular complexity index is 482. The third-order valence-corrected chi connectivity index (χ3v) is 3.92. The third kappa shape index (κ3) is 4.19. The summed E-state index contributed by atoms with van der Waals surface area (Å²) >= 11 is 0. The lowest BCUT2D eigenvalue weighted by atomic mass is 10.0. The van der Waals surface area contributed by atoms with Crippen LogP contribution >= 0.6 is 0 Å². The summed E-state index contributed by atoms with van der Waals surface area (Å²) in [4.78, 5) is 2.40. The first kappa shape index (κ1) is 15.8. The highest BCUT2D eigenvalue weighted by atomic mass is 16.5. The molecule has 0 aromatic heterocycles. The van der Waals surface area contributed by atoms with E-state index in [1.807, 2.05) is 25.1 Å². The van der Waals surface area contributed by atoms with Crippen LogP contribution in [0.25, 0.3) is 0 Å². The van der Waals surface area contributed by atoms with Gasteiger partial charge in [-0.05, 0) is 38.0 Å². The molecule has 0 saturated carbocycles. The molecule has 1 aliphatic heterocycles. The highest BCUT2D eigenvalue weighted by Gasteiger charge is 2.20. The minimum Gasteiger partial charge on any atom is -0.496 e. The molecule has 1 aliphatic rings. The first-order valence-electron chi connectivity index (χ1n) is 7.49. The Hall–Kier alpha value is -1.59. The highest BCUT2D eigenvalue weighted by molar-refractivity contribution is 5.95. The molecule has 1 saturated heterocycles. The van der Waals surface area contributed by atoms with Gasteiger partial charge in [0.15, 0.2) is 0 Å². The van der Waals surface area contributed by atoms with Gasteiger partial charge in [0.25, 0.3) is 0 Å². The fourth-order valence-electron chi connectivity index (χ4n) is 2.78. The Morgan fingerprint density at radius 3 is 2.67 bits per heavy atom. The molecule has 0 atom stereocenters. The van der Waals surface area contributed by atoms with Gasteiger partial charge in [-0.15, -0.1) is 0 Å². The molecule has 0 aliphatic carbocycles. The fourth-order valence-corrected chi connectivity index (χ4v) is 2.78. The molecule has 1 aromatic carbocycles. The number of ether oxygens (including phenoxy) is 2. The number of methoxy groups -OCH3 is 1. The fraction of sp³-hybridized carbons (Fsp3) is 0.562. The average molecular weight is 291 g/mol. The molecular formula is C16H25N3O2. The maximum absolute atomic E-state index is 7.56. The molecule has 1 fully saturated rings. The van der Waals surface area contributed by atoms with Crippen LogP contribution < -0.4 is 10.5 Å². The smallest absolute Gasteiger partial charge is 0.123 e. The quantitative estimate of drug-likeness (QED) is 0.621. The summed E-state index contributed by atoms with van der Waals surface area (Å²) in [5.41, 5.74) is 7.40. The molecule has 1 aromatic rings. The maximum Gasteiger partial charge on any atom is 0.123 e. The Morgan fingerprint density at radius 1 is 1.38 bits per heavy atom. The van der Waals surface area contributed by atoms with E-state index in [1.54, 1.807) is 7.11 Å². The predicted molar refractivity (Wildman–Crippen MR) is 83.9 cm³/mol. The topological polar surface area (TPSA) is 71.6 Å². The van der Waals surface area contributed by atoms with E-state index in [0.29, 0.717) is 6.10 Å². The van der Waals surface area contributed by atoms with Gasteiger partial charge >= 0.3 is 0 Å². The lowest BCUT2D eigenvalue weighted by Gasteiger charge is -2.32. The van der Waals surface area contributed by atoms with E-state index in [-0.39, 0.29) is 5.84 Å². The Labute approximate surface area is 126 Å². The molecule has 2 rings (SSSR count). The van der Waals surface area contributed by atoms with E-state index in [1.165, 1.54) is 0 Å². The van der Waals surface area contributed by atoms with E-state index >= 15 is 0 Å². The zero-order valence-corrected chi connectivity index (χ0v) is 12.9. The third-order valence-electron chi connectivity index (χ3n) is 3.92. The molecule has 0 bridgehead atoms. The van der Waals surface area contributed by atoms with Crippen LogP contribution in [0.1, 0.15) is 30.9 Å². The van der Waals surface area contributed by atoms with Crippen LogP contribution in [0.5, 0.6) is 5.75 Å². The van der Waals surface area contributed by atoms with E-state index in [2.05, 4.69) is 4.90 Å².